The highest BCUT2D eigenvalue weighted by atomic mass is 35.5. The molecule has 0 bridgehead atoms. The Hall–Kier alpha value is -0.730. The smallest absolute Gasteiger partial charge is 0.123 e. The molecule has 2 aliphatic heterocycles. The first kappa shape index (κ1) is 14.2. The topological polar surface area (TPSA) is 12.5 Å². The second kappa shape index (κ2) is 6.36. The molecule has 0 amide bonds. The summed E-state index contributed by atoms with van der Waals surface area (Å²) in [6.07, 6.45) is 5.20. The van der Waals surface area contributed by atoms with Gasteiger partial charge in [-0.15, -0.1) is 11.6 Å². The lowest BCUT2D eigenvalue weighted by Gasteiger charge is -2.33. The Labute approximate surface area is 127 Å². The van der Waals surface area contributed by atoms with Crippen LogP contribution in [0.1, 0.15) is 30.4 Å². The number of hydrogen-bond acceptors (Lipinski definition) is 2. The van der Waals surface area contributed by atoms with Gasteiger partial charge in [-0.3, -0.25) is 4.90 Å². The summed E-state index contributed by atoms with van der Waals surface area (Å²) >= 11 is 5.89. The third-order valence-corrected chi connectivity index (χ3v) is 4.76. The Morgan fingerprint density at radius 3 is 3.15 bits per heavy atom. The van der Waals surface area contributed by atoms with Gasteiger partial charge in [0.25, 0.3) is 0 Å². The van der Waals surface area contributed by atoms with Gasteiger partial charge in [0, 0.05) is 25.4 Å². The molecule has 0 aliphatic carbocycles. The van der Waals surface area contributed by atoms with Crippen molar-refractivity contribution >= 4 is 11.6 Å². The first-order valence-electron chi connectivity index (χ1n) is 7.79. The molecule has 1 aromatic carbocycles. The van der Waals surface area contributed by atoms with E-state index in [0.29, 0.717) is 6.10 Å². The monoisotopic (exact) mass is 293 g/mol. The summed E-state index contributed by atoms with van der Waals surface area (Å²) < 4.78 is 6.09. The minimum atomic E-state index is 0.335. The molecule has 1 fully saturated rings. The lowest BCUT2D eigenvalue weighted by atomic mass is 9.95. The van der Waals surface area contributed by atoms with Crippen molar-refractivity contribution in [3.8, 4) is 5.75 Å². The van der Waals surface area contributed by atoms with Crippen molar-refractivity contribution < 1.29 is 4.74 Å². The molecule has 0 saturated carbocycles. The molecule has 1 saturated heterocycles. The summed E-state index contributed by atoms with van der Waals surface area (Å²) in [4.78, 5) is 2.57. The van der Waals surface area contributed by atoms with E-state index in [1.54, 1.807) is 0 Å². The Morgan fingerprint density at radius 2 is 2.30 bits per heavy atom. The van der Waals surface area contributed by atoms with Gasteiger partial charge in [0.2, 0.25) is 0 Å². The number of ether oxygens (including phenoxy) is 1. The van der Waals surface area contributed by atoms with Gasteiger partial charge in [0.1, 0.15) is 11.9 Å². The Balaban J connectivity index is 1.55. The molecule has 2 atom stereocenters. The van der Waals surface area contributed by atoms with Gasteiger partial charge in [0.05, 0.1) is 0 Å². The maximum absolute atomic E-state index is 6.09. The van der Waals surface area contributed by atoms with Gasteiger partial charge in [0.15, 0.2) is 0 Å². The molecular weight excluding hydrogens is 270 g/mol. The normalized spacial score (nSPS) is 26.3. The minimum absolute atomic E-state index is 0.335. The molecule has 0 radical (unpaired) electrons. The lowest BCUT2D eigenvalue weighted by Crippen LogP contribution is -2.41. The zero-order valence-electron chi connectivity index (χ0n) is 12.3. The van der Waals surface area contributed by atoms with E-state index >= 15 is 0 Å². The van der Waals surface area contributed by atoms with Crippen molar-refractivity contribution in [1.29, 1.82) is 0 Å². The molecule has 0 spiro atoms. The number of fused-ring (bicyclic) bond motifs is 1. The highest BCUT2D eigenvalue weighted by Crippen LogP contribution is 2.30. The predicted molar refractivity (Wildman–Crippen MR) is 83.8 cm³/mol. The first-order valence-corrected chi connectivity index (χ1v) is 8.32. The van der Waals surface area contributed by atoms with E-state index < -0.39 is 0 Å². The third-order valence-electron chi connectivity index (χ3n) is 4.54. The first-order chi connectivity index (χ1) is 9.74. The van der Waals surface area contributed by atoms with Crippen LogP contribution in [0, 0.1) is 12.8 Å². The van der Waals surface area contributed by atoms with Crippen LogP contribution in [0.3, 0.4) is 0 Å². The molecule has 0 N–H and O–H groups in total. The van der Waals surface area contributed by atoms with Crippen molar-refractivity contribution in [3.63, 3.8) is 0 Å². The fourth-order valence-electron chi connectivity index (χ4n) is 3.55. The number of halogens is 1. The molecule has 2 unspecified atom stereocenters. The maximum Gasteiger partial charge on any atom is 0.123 e. The average molecular weight is 294 g/mol. The standard InChI is InChI=1S/C17H24ClNO/c1-13-4-5-17-15(9-13)10-16(20-17)12-19-8-2-3-14(11-19)6-7-18/h4-5,9,14,16H,2-3,6-8,10-12H2,1H3. The van der Waals surface area contributed by atoms with Crippen LogP contribution in [0.4, 0.5) is 0 Å². The van der Waals surface area contributed by atoms with Crippen LogP contribution >= 0.6 is 11.6 Å². The number of benzene rings is 1. The number of piperidine rings is 1. The Morgan fingerprint density at radius 1 is 1.40 bits per heavy atom. The molecule has 1 aromatic rings. The quantitative estimate of drug-likeness (QED) is 0.786. The van der Waals surface area contributed by atoms with E-state index in [9.17, 15) is 0 Å². The van der Waals surface area contributed by atoms with Crippen LogP contribution < -0.4 is 4.74 Å². The molecule has 2 heterocycles. The molecule has 3 heteroatoms. The van der Waals surface area contributed by atoms with Crippen molar-refractivity contribution in [2.45, 2.75) is 38.7 Å². The fourth-order valence-corrected chi connectivity index (χ4v) is 3.85. The number of alkyl halides is 1. The average Bonchev–Trinajstić information content (AvgIpc) is 2.81. The zero-order valence-corrected chi connectivity index (χ0v) is 13.0. The highest BCUT2D eigenvalue weighted by Gasteiger charge is 2.27. The van der Waals surface area contributed by atoms with Crippen LogP contribution in [0.2, 0.25) is 0 Å². The van der Waals surface area contributed by atoms with Crippen LogP contribution in [0.5, 0.6) is 5.75 Å². The largest absolute Gasteiger partial charge is 0.488 e. The molecule has 2 aliphatic rings. The van der Waals surface area contributed by atoms with Crippen LogP contribution in [0.15, 0.2) is 18.2 Å². The van der Waals surface area contributed by atoms with Gasteiger partial charge in [-0.2, -0.15) is 0 Å². The number of likely N-dealkylation sites (tertiary alicyclic amines) is 1. The third kappa shape index (κ3) is 3.29. The van der Waals surface area contributed by atoms with Crippen molar-refractivity contribution in [2.24, 2.45) is 5.92 Å². The molecule has 20 heavy (non-hydrogen) atoms. The Bertz CT molecular complexity index is 460. The van der Waals surface area contributed by atoms with E-state index in [-0.39, 0.29) is 0 Å². The summed E-state index contributed by atoms with van der Waals surface area (Å²) in [7, 11) is 0. The SMILES string of the molecule is Cc1ccc2c(c1)CC(CN1CCCC(CCCl)C1)O2. The number of rotatable bonds is 4. The van der Waals surface area contributed by atoms with Gasteiger partial charge in [-0.05, 0) is 50.3 Å². The maximum atomic E-state index is 6.09. The second-order valence-electron chi connectivity index (χ2n) is 6.30. The molecule has 3 rings (SSSR count). The number of hydrogen-bond donors (Lipinski definition) is 0. The molecular formula is C17H24ClNO. The van der Waals surface area contributed by atoms with Crippen molar-refractivity contribution in [2.75, 3.05) is 25.5 Å². The highest BCUT2D eigenvalue weighted by molar-refractivity contribution is 6.17. The van der Waals surface area contributed by atoms with Gasteiger partial charge < -0.3 is 4.74 Å². The molecule has 2 nitrogen and oxygen atoms in total. The van der Waals surface area contributed by atoms with E-state index in [0.717, 1.165) is 36.9 Å². The number of aryl methyl sites for hydroxylation is 1. The summed E-state index contributed by atoms with van der Waals surface area (Å²) in [6, 6.07) is 6.53. The van der Waals surface area contributed by atoms with E-state index in [1.807, 2.05) is 0 Å². The zero-order chi connectivity index (χ0) is 13.9. The van der Waals surface area contributed by atoms with Crippen molar-refractivity contribution in [1.82, 2.24) is 4.90 Å². The molecule has 110 valence electrons. The summed E-state index contributed by atoms with van der Waals surface area (Å²) in [5.41, 5.74) is 2.71. The van der Waals surface area contributed by atoms with Gasteiger partial charge in [-0.25, -0.2) is 0 Å². The summed E-state index contributed by atoms with van der Waals surface area (Å²) in [6.45, 7) is 5.62. The summed E-state index contributed by atoms with van der Waals surface area (Å²) in [5, 5.41) is 0. The van der Waals surface area contributed by atoms with Gasteiger partial charge >= 0.3 is 0 Å². The van der Waals surface area contributed by atoms with Crippen LogP contribution in [-0.2, 0) is 6.42 Å². The predicted octanol–water partition coefficient (Wildman–Crippen LogP) is 3.64. The summed E-state index contributed by atoms with van der Waals surface area (Å²) in [5.74, 6) is 2.67. The fraction of sp³-hybridized carbons (Fsp3) is 0.647. The molecule has 0 aromatic heterocycles. The number of nitrogens with zero attached hydrogens (tertiary/aromatic N) is 1. The van der Waals surface area contributed by atoms with E-state index in [4.69, 9.17) is 16.3 Å². The van der Waals surface area contributed by atoms with Gasteiger partial charge in [-0.1, -0.05) is 17.7 Å². The van der Waals surface area contributed by atoms with Crippen molar-refractivity contribution in [3.05, 3.63) is 29.3 Å². The van der Waals surface area contributed by atoms with Crippen LogP contribution in [-0.4, -0.2) is 36.5 Å². The lowest BCUT2D eigenvalue weighted by molar-refractivity contribution is 0.110. The van der Waals surface area contributed by atoms with E-state index in [1.165, 1.54) is 37.1 Å². The van der Waals surface area contributed by atoms with E-state index in [2.05, 4.69) is 30.0 Å². The minimum Gasteiger partial charge on any atom is -0.488 e. The Kier molecular flexibility index (Phi) is 4.52. The van der Waals surface area contributed by atoms with Crippen LogP contribution in [0.25, 0.3) is 0 Å². The second-order valence-corrected chi connectivity index (χ2v) is 6.68.